The number of anilines is 2. The van der Waals surface area contributed by atoms with Crippen LogP contribution in [0.25, 0.3) is 0 Å². The topological polar surface area (TPSA) is 84.0 Å². The predicted octanol–water partition coefficient (Wildman–Crippen LogP) is 4.03. The van der Waals surface area contributed by atoms with Crippen LogP contribution in [0.5, 0.6) is 11.5 Å². The van der Waals surface area contributed by atoms with E-state index in [1.807, 2.05) is 24.3 Å². The smallest absolute Gasteiger partial charge is 0.273 e. The lowest BCUT2D eigenvalue weighted by Gasteiger charge is -2.35. The lowest BCUT2D eigenvalue weighted by atomic mass is 10.2. The maximum atomic E-state index is 12.9. The Balaban J connectivity index is 1.37. The highest BCUT2D eigenvalue weighted by atomic mass is 35.5. The van der Waals surface area contributed by atoms with E-state index in [-0.39, 0.29) is 11.8 Å². The minimum atomic E-state index is -0.365. The number of piperazine rings is 1. The Morgan fingerprint density at radius 3 is 2.36 bits per heavy atom. The van der Waals surface area contributed by atoms with Crippen LogP contribution in [-0.4, -0.2) is 62.1 Å². The molecule has 4 rings (SSSR count). The van der Waals surface area contributed by atoms with Gasteiger partial charge < -0.3 is 19.3 Å². The molecule has 8 nitrogen and oxygen atoms in total. The van der Waals surface area contributed by atoms with Crippen molar-refractivity contribution in [2.75, 3.05) is 50.6 Å². The van der Waals surface area contributed by atoms with E-state index < -0.39 is 0 Å². The van der Waals surface area contributed by atoms with E-state index in [1.165, 1.54) is 25.6 Å². The number of nitrogens with zero attached hydrogens (tertiary/aromatic N) is 3. The van der Waals surface area contributed by atoms with E-state index in [2.05, 4.69) is 15.2 Å². The number of hydrogen-bond donors (Lipinski definition) is 1. The van der Waals surface area contributed by atoms with Gasteiger partial charge in [-0.2, -0.15) is 0 Å². The van der Waals surface area contributed by atoms with Gasteiger partial charge in [0, 0.05) is 53.9 Å². The summed E-state index contributed by atoms with van der Waals surface area (Å²) in [6.07, 6.45) is 0. The number of benzene rings is 2. The summed E-state index contributed by atoms with van der Waals surface area (Å²) >= 11 is 7.30. The van der Waals surface area contributed by atoms with Crippen LogP contribution in [-0.2, 0) is 0 Å². The summed E-state index contributed by atoms with van der Waals surface area (Å²) in [5.41, 5.74) is 1.73. The number of methoxy groups -OCH3 is 2. The maximum absolute atomic E-state index is 12.9. The molecule has 2 amide bonds. The number of rotatable bonds is 6. The molecule has 2 aromatic carbocycles. The molecule has 1 saturated heterocycles. The van der Waals surface area contributed by atoms with Gasteiger partial charge in [-0.05, 0) is 30.3 Å². The number of carbonyl (C=O) groups is 2. The monoisotopic (exact) mass is 486 g/mol. The molecule has 172 valence electrons. The Kier molecular flexibility index (Phi) is 7.00. The van der Waals surface area contributed by atoms with Crippen LogP contribution in [0, 0.1) is 0 Å². The predicted molar refractivity (Wildman–Crippen MR) is 129 cm³/mol. The van der Waals surface area contributed by atoms with Crippen LogP contribution in [0.3, 0.4) is 0 Å². The molecule has 0 aliphatic carbocycles. The standard InChI is InChI=1S/C23H23ClN4O4S/c1-31-18-10-15(11-19(13-18)32-2)21(29)26-23-25-20(14-33-23)22(30)28-8-6-27(7-9-28)17-5-3-4-16(24)12-17/h3-5,10-14H,6-9H2,1-2H3,(H,25,26,29). The summed E-state index contributed by atoms with van der Waals surface area (Å²) in [4.78, 5) is 33.9. The summed E-state index contributed by atoms with van der Waals surface area (Å²) < 4.78 is 10.4. The summed E-state index contributed by atoms with van der Waals surface area (Å²) in [5, 5.41) is 5.44. The Morgan fingerprint density at radius 1 is 1.03 bits per heavy atom. The molecule has 2 heterocycles. The maximum Gasteiger partial charge on any atom is 0.273 e. The second-order valence-electron chi connectivity index (χ2n) is 7.35. The number of thiazole rings is 1. The van der Waals surface area contributed by atoms with Gasteiger partial charge >= 0.3 is 0 Å². The van der Waals surface area contributed by atoms with Crippen LogP contribution < -0.4 is 19.7 Å². The van der Waals surface area contributed by atoms with E-state index in [9.17, 15) is 9.59 Å². The summed E-state index contributed by atoms with van der Waals surface area (Å²) in [5.74, 6) is 0.495. The van der Waals surface area contributed by atoms with Crippen molar-refractivity contribution < 1.29 is 19.1 Å². The number of hydrogen-bond acceptors (Lipinski definition) is 7. The van der Waals surface area contributed by atoms with Gasteiger partial charge in [-0.15, -0.1) is 11.3 Å². The minimum Gasteiger partial charge on any atom is -0.497 e. The van der Waals surface area contributed by atoms with Crippen LogP contribution in [0.1, 0.15) is 20.8 Å². The van der Waals surface area contributed by atoms with Crippen molar-refractivity contribution in [1.82, 2.24) is 9.88 Å². The van der Waals surface area contributed by atoms with Crippen molar-refractivity contribution in [1.29, 1.82) is 0 Å². The highest BCUT2D eigenvalue weighted by Crippen LogP contribution is 2.25. The zero-order valence-electron chi connectivity index (χ0n) is 18.2. The van der Waals surface area contributed by atoms with Gasteiger partial charge in [-0.25, -0.2) is 4.98 Å². The molecule has 33 heavy (non-hydrogen) atoms. The fourth-order valence-corrected chi connectivity index (χ4v) is 4.40. The summed E-state index contributed by atoms with van der Waals surface area (Å²) in [6, 6.07) is 12.6. The fourth-order valence-electron chi connectivity index (χ4n) is 3.54. The molecule has 0 atom stereocenters. The van der Waals surface area contributed by atoms with Crippen molar-refractivity contribution in [2.24, 2.45) is 0 Å². The Morgan fingerprint density at radius 2 is 1.73 bits per heavy atom. The molecule has 0 spiro atoms. The SMILES string of the molecule is COc1cc(OC)cc(C(=O)Nc2nc(C(=O)N3CCN(c4cccc(Cl)c4)CC3)cs2)c1. The van der Waals surface area contributed by atoms with Crippen LogP contribution >= 0.6 is 22.9 Å². The first-order valence-electron chi connectivity index (χ1n) is 10.3. The third-order valence-corrected chi connectivity index (χ3v) is 6.29. The first-order valence-corrected chi connectivity index (χ1v) is 11.5. The van der Waals surface area contributed by atoms with Crippen LogP contribution in [0.15, 0.2) is 47.8 Å². The van der Waals surface area contributed by atoms with E-state index in [0.717, 1.165) is 5.69 Å². The third-order valence-electron chi connectivity index (χ3n) is 5.30. The molecule has 0 unspecified atom stereocenters. The molecular weight excluding hydrogens is 464 g/mol. The molecule has 0 bridgehead atoms. The third kappa shape index (κ3) is 5.37. The number of carbonyl (C=O) groups excluding carboxylic acids is 2. The van der Waals surface area contributed by atoms with E-state index in [0.29, 0.717) is 59.1 Å². The van der Waals surface area contributed by atoms with Crippen molar-refractivity contribution in [3.63, 3.8) is 0 Å². The minimum absolute atomic E-state index is 0.152. The van der Waals surface area contributed by atoms with Gasteiger partial charge in [0.2, 0.25) is 0 Å². The normalized spacial score (nSPS) is 13.5. The zero-order chi connectivity index (χ0) is 23.4. The lowest BCUT2D eigenvalue weighted by Crippen LogP contribution is -2.48. The molecule has 3 aromatic rings. The summed E-state index contributed by atoms with van der Waals surface area (Å²) in [6.45, 7) is 2.57. The van der Waals surface area contributed by atoms with Gasteiger partial charge in [-0.3, -0.25) is 14.9 Å². The van der Waals surface area contributed by atoms with E-state index >= 15 is 0 Å². The number of halogens is 1. The molecule has 1 fully saturated rings. The van der Waals surface area contributed by atoms with E-state index in [1.54, 1.807) is 28.5 Å². The van der Waals surface area contributed by atoms with E-state index in [4.69, 9.17) is 21.1 Å². The Labute approximate surface area is 200 Å². The number of ether oxygens (including phenoxy) is 2. The highest BCUT2D eigenvalue weighted by molar-refractivity contribution is 7.14. The first-order chi connectivity index (χ1) is 16.0. The Bertz CT molecular complexity index is 1140. The van der Waals surface area contributed by atoms with Gasteiger partial charge in [0.05, 0.1) is 14.2 Å². The van der Waals surface area contributed by atoms with Gasteiger partial charge in [0.15, 0.2) is 5.13 Å². The average molecular weight is 487 g/mol. The molecule has 0 radical (unpaired) electrons. The second kappa shape index (κ2) is 10.1. The van der Waals surface area contributed by atoms with Gasteiger partial charge in [-0.1, -0.05) is 17.7 Å². The van der Waals surface area contributed by atoms with Gasteiger partial charge in [0.1, 0.15) is 17.2 Å². The Hall–Kier alpha value is -3.30. The first kappa shape index (κ1) is 22.9. The molecule has 1 N–H and O–H groups in total. The van der Waals surface area contributed by atoms with Gasteiger partial charge in [0.25, 0.3) is 11.8 Å². The molecule has 1 aromatic heterocycles. The fraction of sp³-hybridized carbons (Fsp3) is 0.261. The van der Waals surface area contributed by atoms with Crippen molar-refractivity contribution in [3.8, 4) is 11.5 Å². The average Bonchev–Trinajstić information content (AvgIpc) is 3.31. The molecular formula is C23H23ClN4O4S. The quantitative estimate of drug-likeness (QED) is 0.566. The molecule has 0 saturated carbocycles. The molecule has 1 aliphatic rings. The van der Waals surface area contributed by atoms with Crippen LogP contribution in [0.2, 0.25) is 5.02 Å². The van der Waals surface area contributed by atoms with Crippen molar-refractivity contribution in [2.45, 2.75) is 0 Å². The lowest BCUT2D eigenvalue weighted by molar-refractivity contribution is 0.0741. The van der Waals surface area contributed by atoms with Crippen LogP contribution in [0.4, 0.5) is 10.8 Å². The van der Waals surface area contributed by atoms with Crippen molar-refractivity contribution in [3.05, 3.63) is 64.1 Å². The number of amides is 2. The zero-order valence-corrected chi connectivity index (χ0v) is 19.8. The molecule has 10 heteroatoms. The second-order valence-corrected chi connectivity index (χ2v) is 8.65. The molecule has 1 aliphatic heterocycles. The van der Waals surface area contributed by atoms with Crippen molar-refractivity contribution >= 4 is 45.6 Å². The highest BCUT2D eigenvalue weighted by Gasteiger charge is 2.24. The number of aromatic nitrogens is 1. The summed E-state index contributed by atoms with van der Waals surface area (Å²) in [7, 11) is 3.04. The number of nitrogens with one attached hydrogen (secondary N) is 1. The largest absolute Gasteiger partial charge is 0.497 e.